The molecule has 5 rings (SSSR count). The molecule has 2 fully saturated rings. The lowest BCUT2D eigenvalue weighted by Crippen LogP contribution is -2.52. The number of nitrogens with zero attached hydrogens (tertiary/aromatic N) is 1. The number of carbonyl (C=O) groups is 1. The Kier molecular flexibility index (Phi) is 12.3. The van der Waals surface area contributed by atoms with Gasteiger partial charge in [-0.3, -0.25) is 0 Å². The van der Waals surface area contributed by atoms with Crippen LogP contribution in [0.5, 0.6) is 11.5 Å². The molecule has 0 bridgehead atoms. The van der Waals surface area contributed by atoms with Crippen LogP contribution in [0.2, 0.25) is 0 Å². The Hall–Kier alpha value is -3.21. The van der Waals surface area contributed by atoms with E-state index in [9.17, 15) is 18.3 Å². The summed E-state index contributed by atoms with van der Waals surface area (Å²) in [5.41, 5.74) is 0.301. The molecule has 0 aromatic heterocycles. The van der Waals surface area contributed by atoms with Gasteiger partial charge >= 0.3 is 6.09 Å². The first-order valence-electron chi connectivity index (χ1n) is 16.7. The number of hydrogen-bond acceptors (Lipinski definition) is 10. The third-order valence-electron chi connectivity index (χ3n) is 8.79. The Labute approximate surface area is 294 Å². The van der Waals surface area contributed by atoms with Crippen molar-refractivity contribution in [1.82, 2.24) is 20.3 Å². The summed E-state index contributed by atoms with van der Waals surface area (Å²) in [4.78, 5) is 13.3. The van der Waals surface area contributed by atoms with Gasteiger partial charge < -0.3 is 44.7 Å². The molecule has 13 nitrogen and oxygen atoms in total. The summed E-state index contributed by atoms with van der Waals surface area (Å²) in [6.07, 6.45) is -1.37. The van der Waals surface area contributed by atoms with Crippen LogP contribution in [-0.4, -0.2) is 99.3 Å². The van der Waals surface area contributed by atoms with Gasteiger partial charge in [0.15, 0.2) is 22.9 Å². The Morgan fingerprint density at radius 1 is 1.10 bits per heavy atom. The van der Waals surface area contributed by atoms with E-state index in [0.29, 0.717) is 36.2 Å². The fourth-order valence-electron chi connectivity index (χ4n) is 6.18. The molecule has 0 aliphatic carbocycles. The minimum Gasteiger partial charge on any atom is -0.454 e. The van der Waals surface area contributed by atoms with Gasteiger partial charge in [-0.15, -0.1) is 0 Å². The zero-order valence-electron chi connectivity index (χ0n) is 28.4. The molecule has 15 heteroatoms. The number of amides is 1. The predicted molar refractivity (Wildman–Crippen MR) is 186 cm³/mol. The summed E-state index contributed by atoms with van der Waals surface area (Å²) in [6, 6.07) is 13.1. The van der Waals surface area contributed by atoms with Crippen molar-refractivity contribution in [3.63, 3.8) is 0 Å². The van der Waals surface area contributed by atoms with Gasteiger partial charge in [0, 0.05) is 31.7 Å². The van der Waals surface area contributed by atoms with E-state index in [1.54, 1.807) is 6.07 Å². The molecule has 270 valence electrons. The van der Waals surface area contributed by atoms with Crippen molar-refractivity contribution in [3.05, 3.63) is 54.1 Å². The average Bonchev–Trinajstić information content (AvgIpc) is 3.79. The smallest absolute Gasteiger partial charge is 0.407 e. The molecule has 3 aliphatic rings. The highest BCUT2D eigenvalue weighted by atomic mass is 32.2. The summed E-state index contributed by atoms with van der Waals surface area (Å²) < 4.78 is 57.7. The number of ether oxygens (including phenoxy) is 5. The summed E-state index contributed by atoms with van der Waals surface area (Å²) in [5.74, 6) is 0.725. The molecule has 2 aromatic carbocycles. The number of nitrogens with one attached hydrogen (secondary N) is 3. The zero-order valence-corrected chi connectivity index (χ0v) is 30.1. The van der Waals surface area contributed by atoms with Gasteiger partial charge in [0.1, 0.15) is 6.10 Å². The van der Waals surface area contributed by atoms with Crippen molar-refractivity contribution in [3.8, 4) is 11.5 Å². The van der Waals surface area contributed by atoms with Crippen LogP contribution in [0.3, 0.4) is 0 Å². The van der Waals surface area contributed by atoms with E-state index < -0.39 is 39.8 Å². The maximum Gasteiger partial charge on any atom is 0.407 e. The van der Waals surface area contributed by atoms with Crippen LogP contribution in [0.4, 0.5) is 4.79 Å². The number of benzene rings is 2. The molecule has 0 spiro atoms. The van der Waals surface area contributed by atoms with Gasteiger partial charge in [-0.25, -0.2) is 13.2 Å². The topological polar surface area (TPSA) is 157 Å². The third-order valence-corrected chi connectivity index (χ3v) is 10.9. The highest BCUT2D eigenvalue weighted by Crippen LogP contribution is 2.36. The molecule has 0 saturated carbocycles. The fourth-order valence-corrected chi connectivity index (χ4v) is 8.18. The number of rotatable bonds is 15. The van der Waals surface area contributed by atoms with Crippen LogP contribution in [0.25, 0.3) is 0 Å². The van der Waals surface area contributed by atoms with Crippen molar-refractivity contribution in [2.75, 3.05) is 39.6 Å². The Balaban J connectivity index is 1.35. The average molecular weight is 721 g/mol. The van der Waals surface area contributed by atoms with Crippen LogP contribution < -0.4 is 25.4 Å². The van der Waals surface area contributed by atoms with E-state index in [4.69, 9.17) is 35.9 Å². The van der Waals surface area contributed by atoms with Crippen LogP contribution in [-0.2, 0) is 30.7 Å². The summed E-state index contributed by atoms with van der Waals surface area (Å²) in [6.45, 7) is 8.93. The SMILES string of the molecule is CC(C)NC(=S)NCCC(C)(C)CN(C[C@@H](O)[C@H](Cc1ccccc1)NC(=O)O[C@H]1CO[C@H]2OCC[C@H]21)S(=O)(=O)c1ccc2c(c1)OCO2. The Bertz CT molecular complexity index is 1540. The number of fused-ring (bicyclic) bond motifs is 2. The second-order valence-electron chi connectivity index (χ2n) is 13.8. The largest absolute Gasteiger partial charge is 0.454 e. The van der Waals surface area contributed by atoms with E-state index in [1.165, 1.54) is 16.4 Å². The summed E-state index contributed by atoms with van der Waals surface area (Å²) in [7, 11) is -4.17. The van der Waals surface area contributed by atoms with E-state index in [1.807, 2.05) is 58.0 Å². The standard InChI is InChI=1S/C34H48N4O9S2/c1-22(2)36-32(48)35-14-13-34(3,4)20-38(49(41,42)24-10-11-28-29(17-24)46-21-45-28)18-27(39)26(16-23-8-6-5-7-9-23)37-33(40)47-30-19-44-31-25(30)12-15-43-31/h5-11,17,22,25-27,30-31,39H,12-16,18-21H2,1-4H3,(H,37,40)(H2,35,36,48)/t25-,26-,27+,30-,31+/m0/s1. The van der Waals surface area contributed by atoms with Crippen LogP contribution in [0, 0.1) is 11.3 Å². The quantitative estimate of drug-likeness (QED) is 0.200. The van der Waals surface area contributed by atoms with Crippen LogP contribution >= 0.6 is 12.2 Å². The maximum atomic E-state index is 14.3. The molecular weight excluding hydrogens is 673 g/mol. The van der Waals surface area contributed by atoms with Gasteiger partial charge in [-0.1, -0.05) is 44.2 Å². The Morgan fingerprint density at radius 3 is 2.61 bits per heavy atom. The number of alkyl carbamates (subject to hydrolysis) is 1. The molecule has 5 atom stereocenters. The molecule has 1 amide bonds. The molecule has 0 radical (unpaired) electrons. The minimum absolute atomic E-state index is 0.000826. The molecular formula is C34H48N4O9S2. The summed E-state index contributed by atoms with van der Waals surface area (Å²) >= 11 is 5.37. The van der Waals surface area contributed by atoms with Gasteiger partial charge in [0.2, 0.25) is 16.8 Å². The molecule has 3 heterocycles. The number of sulfonamides is 1. The molecule has 2 saturated heterocycles. The van der Waals surface area contributed by atoms with E-state index in [-0.39, 0.29) is 56.1 Å². The lowest BCUT2D eigenvalue weighted by Gasteiger charge is -2.35. The Morgan fingerprint density at radius 2 is 1.86 bits per heavy atom. The van der Waals surface area contributed by atoms with E-state index >= 15 is 0 Å². The van der Waals surface area contributed by atoms with Crippen molar-refractivity contribution in [2.45, 2.75) is 82.4 Å². The highest BCUT2D eigenvalue weighted by Gasteiger charge is 2.44. The first-order valence-corrected chi connectivity index (χ1v) is 18.5. The fraction of sp³-hybridized carbons (Fsp3) is 0.588. The highest BCUT2D eigenvalue weighted by molar-refractivity contribution is 7.89. The van der Waals surface area contributed by atoms with Crippen molar-refractivity contribution in [2.24, 2.45) is 11.3 Å². The predicted octanol–water partition coefficient (Wildman–Crippen LogP) is 3.15. The second kappa shape index (κ2) is 16.2. The number of thiocarbonyl (C=S) groups is 1. The molecule has 3 aliphatic heterocycles. The molecule has 0 unspecified atom stereocenters. The van der Waals surface area contributed by atoms with E-state index in [0.717, 1.165) is 12.0 Å². The summed E-state index contributed by atoms with van der Waals surface area (Å²) in [5, 5.41) is 21.5. The number of aliphatic hydroxyl groups excluding tert-OH is 1. The monoisotopic (exact) mass is 720 g/mol. The first kappa shape index (κ1) is 37.1. The molecule has 2 aromatic rings. The van der Waals surface area contributed by atoms with Crippen LogP contribution in [0.1, 0.15) is 46.1 Å². The van der Waals surface area contributed by atoms with Crippen molar-refractivity contribution < 1.29 is 42.0 Å². The number of hydrogen-bond donors (Lipinski definition) is 4. The third kappa shape index (κ3) is 9.95. The van der Waals surface area contributed by atoms with Gasteiger partial charge in [0.25, 0.3) is 0 Å². The first-order chi connectivity index (χ1) is 23.3. The lowest BCUT2D eigenvalue weighted by atomic mass is 9.89. The van der Waals surface area contributed by atoms with Gasteiger partial charge in [-0.05, 0) is 68.4 Å². The number of carbonyl (C=O) groups excluding carboxylic acids is 1. The van der Waals surface area contributed by atoms with Gasteiger partial charge in [-0.2, -0.15) is 4.31 Å². The minimum atomic E-state index is -4.17. The molecule has 49 heavy (non-hydrogen) atoms. The zero-order chi connectivity index (χ0) is 35.2. The number of aliphatic hydroxyl groups is 1. The van der Waals surface area contributed by atoms with Crippen molar-refractivity contribution >= 4 is 33.4 Å². The lowest BCUT2D eigenvalue weighted by molar-refractivity contribution is -0.0907. The second-order valence-corrected chi connectivity index (χ2v) is 16.1. The van der Waals surface area contributed by atoms with Crippen molar-refractivity contribution in [1.29, 1.82) is 0 Å². The van der Waals surface area contributed by atoms with Gasteiger partial charge in [0.05, 0.1) is 36.2 Å². The maximum absolute atomic E-state index is 14.3. The normalized spacial score (nSPS) is 21.3. The van der Waals surface area contributed by atoms with Crippen LogP contribution in [0.15, 0.2) is 53.4 Å². The molecule has 4 N–H and O–H groups in total. The van der Waals surface area contributed by atoms with E-state index in [2.05, 4.69) is 16.0 Å².